The molecule has 3 rings (SSSR count). The lowest BCUT2D eigenvalue weighted by Crippen LogP contribution is -2.45. The second-order valence-electron chi connectivity index (χ2n) is 7.72. The van der Waals surface area contributed by atoms with Crippen LogP contribution < -0.4 is 10.6 Å². The fraction of sp³-hybridized carbons (Fsp3) is 0.667. The first-order chi connectivity index (χ1) is 12.7. The number of carbonyl (C=O) groups is 1. The standard InChI is InChI=1S/C21H33N3O2/c1-17(20-9-13-26-14-10-20)23-21(25)22-15-18-5-7-19(8-6-18)16-24-11-3-2-4-12-24/h5-8,17,20H,2-4,9-16H2,1H3,(H2,22,23,25). The van der Waals surface area contributed by atoms with Crippen LogP contribution in [0.2, 0.25) is 0 Å². The van der Waals surface area contributed by atoms with E-state index in [0.717, 1.165) is 38.2 Å². The van der Waals surface area contributed by atoms with Gasteiger partial charge in [-0.3, -0.25) is 4.90 Å². The van der Waals surface area contributed by atoms with Crippen molar-refractivity contribution in [2.75, 3.05) is 26.3 Å². The molecule has 0 aliphatic carbocycles. The molecule has 2 heterocycles. The molecule has 5 nitrogen and oxygen atoms in total. The molecule has 2 aliphatic heterocycles. The number of amides is 2. The van der Waals surface area contributed by atoms with Gasteiger partial charge in [0.2, 0.25) is 0 Å². The van der Waals surface area contributed by atoms with Crippen LogP contribution in [0.25, 0.3) is 0 Å². The Hall–Kier alpha value is -1.59. The highest BCUT2D eigenvalue weighted by Crippen LogP contribution is 2.18. The summed E-state index contributed by atoms with van der Waals surface area (Å²) in [6.07, 6.45) is 6.07. The Morgan fingerprint density at radius 3 is 2.46 bits per heavy atom. The fourth-order valence-corrected chi connectivity index (χ4v) is 3.91. The van der Waals surface area contributed by atoms with E-state index in [1.807, 2.05) is 0 Å². The Morgan fingerprint density at radius 1 is 1.12 bits per heavy atom. The topological polar surface area (TPSA) is 53.6 Å². The molecule has 1 aromatic carbocycles. The lowest BCUT2D eigenvalue weighted by Gasteiger charge is -2.28. The smallest absolute Gasteiger partial charge is 0.315 e. The minimum absolute atomic E-state index is 0.0821. The molecule has 2 amide bonds. The molecule has 1 atom stereocenters. The summed E-state index contributed by atoms with van der Waals surface area (Å²) in [7, 11) is 0. The van der Waals surface area contributed by atoms with Gasteiger partial charge in [0.15, 0.2) is 0 Å². The summed E-state index contributed by atoms with van der Waals surface area (Å²) < 4.78 is 5.39. The first-order valence-corrected chi connectivity index (χ1v) is 10.1. The van der Waals surface area contributed by atoms with Crippen molar-refractivity contribution >= 4 is 6.03 Å². The lowest BCUT2D eigenvalue weighted by molar-refractivity contribution is 0.0571. The summed E-state index contributed by atoms with van der Waals surface area (Å²) in [6.45, 7) is 7.74. The van der Waals surface area contributed by atoms with Crippen LogP contribution in [-0.4, -0.2) is 43.3 Å². The normalized spacial score (nSPS) is 20.5. The molecule has 2 saturated heterocycles. The quantitative estimate of drug-likeness (QED) is 0.819. The second-order valence-corrected chi connectivity index (χ2v) is 7.72. The zero-order chi connectivity index (χ0) is 18.2. The zero-order valence-corrected chi connectivity index (χ0v) is 16.0. The molecule has 1 unspecified atom stereocenters. The van der Waals surface area contributed by atoms with E-state index < -0.39 is 0 Å². The van der Waals surface area contributed by atoms with Gasteiger partial charge in [-0.2, -0.15) is 0 Å². The number of carbonyl (C=O) groups excluding carboxylic acids is 1. The summed E-state index contributed by atoms with van der Waals surface area (Å²) in [4.78, 5) is 14.7. The number of ether oxygens (including phenoxy) is 1. The highest BCUT2D eigenvalue weighted by Gasteiger charge is 2.21. The van der Waals surface area contributed by atoms with E-state index in [0.29, 0.717) is 12.5 Å². The summed E-state index contributed by atoms with van der Waals surface area (Å²) in [5.74, 6) is 0.517. The maximum absolute atomic E-state index is 12.1. The van der Waals surface area contributed by atoms with E-state index in [1.54, 1.807) is 0 Å². The van der Waals surface area contributed by atoms with Crippen LogP contribution in [0.4, 0.5) is 4.79 Å². The van der Waals surface area contributed by atoms with Gasteiger partial charge in [-0.05, 0) is 62.7 Å². The van der Waals surface area contributed by atoms with Crippen molar-refractivity contribution in [1.29, 1.82) is 0 Å². The number of nitrogens with zero attached hydrogens (tertiary/aromatic N) is 1. The van der Waals surface area contributed by atoms with Gasteiger partial charge >= 0.3 is 6.03 Å². The molecule has 0 aromatic heterocycles. The van der Waals surface area contributed by atoms with Gasteiger partial charge in [0, 0.05) is 32.3 Å². The number of hydrogen-bond donors (Lipinski definition) is 2. The van der Waals surface area contributed by atoms with E-state index in [-0.39, 0.29) is 12.1 Å². The van der Waals surface area contributed by atoms with E-state index in [1.165, 1.54) is 37.9 Å². The predicted octanol–water partition coefficient (Wildman–Crippen LogP) is 3.29. The van der Waals surface area contributed by atoms with Crippen molar-refractivity contribution < 1.29 is 9.53 Å². The van der Waals surface area contributed by atoms with Gasteiger partial charge in [-0.15, -0.1) is 0 Å². The molecular weight excluding hydrogens is 326 g/mol. The van der Waals surface area contributed by atoms with E-state index in [2.05, 4.69) is 46.7 Å². The Morgan fingerprint density at radius 2 is 1.77 bits per heavy atom. The van der Waals surface area contributed by atoms with Crippen LogP contribution in [0, 0.1) is 5.92 Å². The number of rotatable bonds is 6. The largest absolute Gasteiger partial charge is 0.381 e. The first-order valence-electron chi connectivity index (χ1n) is 10.1. The molecule has 144 valence electrons. The van der Waals surface area contributed by atoms with Gasteiger partial charge in [-0.25, -0.2) is 4.79 Å². The van der Waals surface area contributed by atoms with Crippen molar-refractivity contribution in [3.8, 4) is 0 Å². The minimum atomic E-state index is -0.0821. The molecule has 26 heavy (non-hydrogen) atoms. The molecule has 5 heteroatoms. The Kier molecular flexibility index (Phi) is 7.32. The highest BCUT2D eigenvalue weighted by atomic mass is 16.5. The number of likely N-dealkylation sites (tertiary alicyclic amines) is 1. The summed E-state index contributed by atoms with van der Waals surface area (Å²) >= 11 is 0. The molecule has 2 aliphatic rings. The monoisotopic (exact) mass is 359 g/mol. The van der Waals surface area contributed by atoms with Crippen molar-refractivity contribution in [2.24, 2.45) is 5.92 Å². The molecular formula is C21H33N3O2. The van der Waals surface area contributed by atoms with Crippen LogP contribution in [0.1, 0.15) is 50.2 Å². The number of urea groups is 1. The lowest BCUT2D eigenvalue weighted by atomic mass is 9.93. The van der Waals surface area contributed by atoms with Gasteiger partial charge in [0.25, 0.3) is 0 Å². The van der Waals surface area contributed by atoms with Gasteiger partial charge in [0.1, 0.15) is 0 Å². The van der Waals surface area contributed by atoms with Crippen LogP contribution in [0.5, 0.6) is 0 Å². The summed E-state index contributed by atoms with van der Waals surface area (Å²) in [6, 6.07) is 8.73. The maximum atomic E-state index is 12.1. The number of benzene rings is 1. The molecule has 0 bridgehead atoms. The minimum Gasteiger partial charge on any atom is -0.381 e. The Labute approximate surface area is 157 Å². The molecule has 2 fully saturated rings. The SMILES string of the molecule is CC(NC(=O)NCc1ccc(CN2CCCCC2)cc1)C1CCOCC1. The Balaban J connectivity index is 1.38. The van der Waals surface area contributed by atoms with Crippen LogP contribution in [0.3, 0.4) is 0 Å². The van der Waals surface area contributed by atoms with Crippen LogP contribution in [-0.2, 0) is 17.8 Å². The number of piperidine rings is 1. The summed E-state index contributed by atoms with van der Waals surface area (Å²) in [5.41, 5.74) is 2.49. The van der Waals surface area contributed by atoms with Crippen LogP contribution >= 0.6 is 0 Å². The van der Waals surface area contributed by atoms with Crippen LogP contribution in [0.15, 0.2) is 24.3 Å². The van der Waals surface area contributed by atoms with Gasteiger partial charge in [0.05, 0.1) is 0 Å². The van der Waals surface area contributed by atoms with Gasteiger partial charge in [-0.1, -0.05) is 30.7 Å². The average Bonchev–Trinajstić information content (AvgIpc) is 2.69. The number of nitrogens with one attached hydrogen (secondary N) is 2. The highest BCUT2D eigenvalue weighted by molar-refractivity contribution is 5.74. The van der Waals surface area contributed by atoms with Crippen molar-refractivity contribution in [3.05, 3.63) is 35.4 Å². The molecule has 0 spiro atoms. The van der Waals surface area contributed by atoms with Crippen molar-refractivity contribution in [1.82, 2.24) is 15.5 Å². The van der Waals surface area contributed by atoms with E-state index in [9.17, 15) is 4.79 Å². The van der Waals surface area contributed by atoms with Gasteiger partial charge < -0.3 is 15.4 Å². The zero-order valence-electron chi connectivity index (χ0n) is 16.0. The van der Waals surface area contributed by atoms with E-state index in [4.69, 9.17) is 4.74 Å². The fourth-order valence-electron chi connectivity index (χ4n) is 3.91. The third-order valence-corrected chi connectivity index (χ3v) is 5.66. The molecule has 2 N–H and O–H groups in total. The van der Waals surface area contributed by atoms with Crippen molar-refractivity contribution in [2.45, 2.75) is 58.2 Å². The maximum Gasteiger partial charge on any atom is 0.315 e. The number of hydrogen-bond acceptors (Lipinski definition) is 3. The summed E-state index contributed by atoms with van der Waals surface area (Å²) in [5, 5.41) is 6.05. The molecule has 1 aromatic rings. The third kappa shape index (κ3) is 5.99. The van der Waals surface area contributed by atoms with E-state index >= 15 is 0 Å². The average molecular weight is 360 g/mol. The molecule has 0 radical (unpaired) electrons. The third-order valence-electron chi connectivity index (χ3n) is 5.66. The molecule has 0 saturated carbocycles. The Bertz CT molecular complexity index is 549. The second kappa shape index (κ2) is 9.93. The first kappa shape index (κ1) is 19.2. The predicted molar refractivity (Wildman–Crippen MR) is 104 cm³/mol. The van der Waals surface area contributed by atoms with Crippen molar-refractivity contribution in [3.63, 3.8) is 0 Å².